The molecule has 0 saturated heterocycles. The molecule has 0 aliphatic rings. The van der Waals surface area contributed by atoms with Crippen LogP contribution >= 0.6 is 11.8 Å². The van der Waals surface area contributed by atoms with Crippen molar-refractivity contribution in [3.05, 3.63) is 36.2 Å². The van der Waals surface area contributed by atoms with E-state index in [-0.39, 0.29) is 5.91 Å². The van der Waals surface area contributed by atoms with Crippen LogP contribution in [-0.4, -0.2) is 57.5 Å². The van der Waals surface area contributed by atoms with Crippen molar-refractivity contribution in [2.75, 3.05) is 31.9 Å². The topological polar surface area (TPSA) is 63.1 Å². The number of aryl methyl sites for hydroxylation is 1. The predicted octanol–water partition coefficient (Wildman–Crippen LogP) is 2.13. The predicted molar refractivity (Wildman–Crippen MR) is 97.6 cm³/mol. The number of likely N-dealkylation sites (N-methyl/N-ethyl adjacent to an activating group) is 1. The van der Waals surface area contributed by atoms with Gasteiger partial charge in [0.25, 0.3) is 0 Å². The van der Waals surface area contributed by atoms with E-state index in [0.717, 1.165) is 30.5 Å². The Hall–Kier alpha value is -1.86. The van der Waals surface area contributed by atoms with E-state index >= 15 is 0 Å². The van der Waals surface area contributed by atoms with Crippen molar-refractivity contribution in [1.82, 2.24) is 25.0 Å². The highest BCUT2D eigenvalue weighted by atomic mass is 32.2. The highest BCUT2D eigenvalue weighted by Crippen LogP contribution is 2.19. The highest BCUT2D eigenvalue weighted by molar-refractivity contribution is 7.99. The summed E-state index contributed by atoms with van der Waals surface area (Å²) in [5, 5.41) is 11.7. The van der Waals surface area contributed by atoms with Gasteiger partial charge in [-0.25, -0.2) is 0 Å². The van der Waals surface area contributed by atoms with Crippen molar-refractivity contribution in [2.24, 2.45) is 0 Å². The van der Waals surface area contributed by atoms with Crippen molar-refractivity contribution in [3.63, 3.8) is 0 Å². The molecule has 1 heterocycles. The van der Waals surface area contributed by atoms with E-state index in [1.165, 1.54) is 17.3 Å². The molecule has 2 rings (SSSR count). The Morgan fingerprint density at radius 2 is 1.96 bits per heavy atom. The molecule has 0 radical (unpaired) electrons. The number of rotatable bonds is 9. The summed E-state index contributed by atoms with van der Waals surface area (Å²) < 4.78 is 1.90. The number of amides is 1. The van der Waals surface area contributed by atoms with Gasteiger partial charge in [0, 0.05) is 18.8 Å². The van der Waals surface area contributed by atoms with Crippen LogP contribution < -0.4 is 5.32 Å². The quantitative estimate of drug-likeness (QED) is 0.704. The molecule has 1 aromatic heterocycles. The number of nitrogens with one attached hydrogen (secondary N) is 1. The maximum absolute atomic E-state index is 12.0. The zero-order chi connectivity index (χ0) is 17.4. The van der Waals surface area contributed by atoms with Gasteiger partial charge in [0.15, 0.2) is 5.16 Å². The van der Waals surface area contributed by atoms with Gasteiger partial charge in [-0.15, -0.1) is 10.2 Å². The third-order valence-corrected chi connectivity index (χ3v) is 4.75. The number of aromatic nitrogens is 3. The molecule has 1 aromatic carbocycles. The average Bonchev–Trinajstić information content (AvgIpc) is 3.06. The smallest absolute Gasteiger partial charge is 0.230 e. The van der Waals surface area contributed by atoms with Crippen LogP contribution in [0.3, 0.4) is 0 Å². The van der Waals surface area contributed by atoms with Crippen LogP contribution in [0.4, 0.5) is 0 Å². The normalized spacial score (nSPS) is 11.0. The molecule has 0 saturated carbocycles. The lowest BCUT2D eigenvalue weighted by Gasteiger charge is -2.17. The van der Waals surface area contributed by atoms with E-state index in [1.54, 1.807) is 6.33 Å². The van der Waals surface area contributed by atoms with Crippen LogP contribution in [-0.2, 0) is 4.79 Å². The molecule has 24 heavy (non-hydrogen) atoms. The van der Waals surface area contributed by atoms with Crippen molar-refractivity contribution < 1.29 is 4.79 Å². The zero-order valence-corrected chi connectivity index (χ0v) is 15.3. The summed E-state index contributed by atoms with van der Waals surface area (Å²) in [6, 6.07) is 8.13. The Morgan fingerprint density at radius 1 is 1.25 bits per heavy atom. The highest BCUT2D eigenvalue weighted by Gasteiger charge is 2.10. The van der Waals surface area contributed by atoms with Gasteiger partial charge in [-0.1, -0.05) is 43.3 Å². The molecule has 0 atom stereocenters. The van der Waals surface area contributed by atoms with Gasteiger partial charge in [-0.3, -0.25) is 9.36 Å². The van der Waals surface area contributed by atoms with Gasteiger partial charge in [-0.05, 0) is 32.1 Å². The molecule has 0 aliphatic carbocycles. The Balaban J connectivity index is 1.83. The Labute approximate surface area is 147 Å². The van der Waals surface area contributed by atoms with E-state index in [9.17, 15) is 4.79 Å². The Morgan fingerprint density at radius 3 is 2.62 bits per heavy atom. The minimum absolute atomic E-state index is 0.0191. The summed E-state index contributed by atoms with van der Waals surface area (Å²) in [6.45, 7) is 9.85. The van der Waals surface area contributed by atoms with E-state index in [0.29, 0.717) is 12.3 Å². The molecule has 1 N–H and O–H groups in total. The third kappa shape index (κ3) is 5.35. The van der Waals surface area contributed by atoms with Crippen LogP contribution in [0, 0.1) is 6.92 Å². The first-order valence-electron chi connectivity index (χ1n) is 8.23. The number of hydrogen-bond donors (Lipinski definition) is 1. The summed E-state index contributed by atoms with van der Waals surface area (Å²) in [6.07, 6.45) is 1.67. The maximum atomic E-state index is 12.0. The second-order valence-corrected chi connectivity index (χ2v) is 6.43. The molecule has 0 fully saturated rings. The monoisotopic (exact) mass is 347 g/mol. The molecule has 2 aromatic rings. The van der Waals surface area contributed by atoms with Gasteiger partial charge in [-0.2, -0.15) is 0 Å². The third-order valence-electron chi connectivity index (χ3n) is 3.81. The van der Waals surface area contributed by atoms with Gasteiger partial charge >= 0.3 is 0 Å². The molecule has 0 aliphatic heterocycles. The fourth-order valence-corrected chi connectivity index (χ4v) is 3.04. The first-order valence-corrected chi connectivity index (χ1v) is 9.21. The minimum atomic E-state index is 0.0191. The summed E-state index contributed by atoms with van der Waals surface area (Å²) in [5.41, 5.74) is 2.20. The minimum Gasteiger partial charge on any atom is -0.354 e. The number of thioether (sulfide) groups is 1. The van der Waals surface area contributed by atoms with E-state index < -0.39 is 0 Å². The zero-order valence-electron chi connectivity index (χ0n) is 14.5. The summed E-state index contributed by atoms with van der Waals surface area (Å²) in [4.78, 5) is 14.3. The number of carbonyl (C=O) groups is 1. The van der Waals surface area contributed by atoms with Crippen LogP contribution in [0.2, 0.25) is 0 Å². The summed E-state index contributed by atoms with van der Waals surface area (Å²) in [7, 11) is 0. The van der Waals surface area contributed by atoms with Gasteiger partial charge in [0.05, 0.1) is 5.75 Å². The van der Waals surface area contributed by atoms with Crippen molar-refractivity contribution in [2.45, 2.75) is 25.9 Å². The lowest BCUT2D eigenvalue weighted by atomic mass is 10.2. The summed E-state index contributed by atoms with van der Waals surface area (Å²) in [5.74, 6) is 0.355. The van der Waals surface area contributed by atoms with Crippen molar-refractivity contribution in [3.8, 4) is 5.69 Å². The number of hydrogen-bond acceptors (Lipinski definition) is 5. The van der Waals surface area contributed by atoms with E-state index in [2.05, 4.69) is 34.3 Å². The molecule has 130 valence electrons. The molecular formula is C17H25N5OS. The molecule has 0 unspecified atom stereocenters. The van der Waals surface area contributed by atoms with Crippen LogP contribution in [0.15, 0.2) is 35.7 Å². The van der Waals surface area contributed by atoms with Gasteiger partial charge in [0.1, 0.15) is 6.33 Å². The molecular weight excluding hydrogens is 322 g/mol. The maximum Gasteiger partial charge on any atom is 0.230 e. The fraction of sp³-hybridized carbons (Fsp3) is 0.471. The molecule has 6 nitrogen and oxygen atoms in total. The first kappa shape index (κ1) is 18.5. The van der Waals surface area contributed by atoms with Gasteiger partial charge in [0.2, 0.25) is 5.91 Å². The molecule has 7 heteroatoms. The molecule has 1 amide bonds. The lowest BCUT2D eigenvalue weighted by molar-refractivity contribution is -0.118. The van der Waals surface area contributed by atoms with Crippen molar-refractivity contribution in [1.29, 1.82) is 0 Å². The average molecular weight is 347 g/mol. The van der Waals surface area contributed by atoms with Crippen molar-refractivity contribution >= 4 is 17.7 Å². The van der Waals surface area contributed by atoms with Crippen LogP contribution in [0.1, 0.15) is 19.4 Å². The number of nitrogens with zero attached hydrogens (tertiary/aromatic N) is 4. The second kappa shape index (κ2) is 9.44. The van der Waals surface area contributed by atoms with E-state index in [4.69, 9.17) is 0 Å². The molecule has 0 bridgehead atoms. The van der Waals surface area contributed by atoms with Gasteiger partial charge < -0.3 is 10.2 Å². The SMILES string of the molecule is CCN(CC)CCNC(=O)CSc1nncn1-c1ccc(C)cc1. The summed E-state index contributed by atoms with van der Waals surface area (Å²) >= 11 is 1.39. The molecule has 0 spiro atoms. The standard InChI is InChI=1S/C17H25N5OS/c1-4-21(5-2)11-10-18-16(23)12-24-17-20-19-13-22(17)15-8-6-14(3)7-9-15/h6-9,13H,4-5,10-12H2,1-3H3,(H,18,23). The number of benzene rings is 1. The van der Waals surface area contributed by atoms with Crippen LogP contribution in [0.25, 0.3) is 5.69 Å². The number of carbonyl (C=O) groups excluding carboxylic acids is 1. The Kier molecular flexibility index (Phi) is 7.27. The fourth-order valence-electron chi connectivity index (χ4n) is 2.28. The largest absolute Gasteiger partial charge is 0.354 e. The Bertz CT molecular complexity index is 637. The van der Waals surface area contributed by atoms with Crippen LogP contribution in [0.5, 0.6) is 0 Å². The lowest BCUT2D eigenvalue weighted by Crippen LogP contribution is -2.35. The van der Waals surface area contributed by atoms with E-state index in [1.807, 2.05) is 35.8 Å². The second-order valence-electron chi connectivity index (χ2n) is 5.48. The first-order chi connectivity index (χ1) is 11.6.